The first-order chi connectivity index (χ1) is 14.0. The fourth-order valence-electron chi connectivity index (χ4n) is 7.84. The predicted molar refractivity (Wildman–Crippen MR) is 112 cm³/mol. The molecule has 4 aliphatic rings. The van der Waals surface area contributed by atoms with Crippen LogP contribution in [0.3, 0.4) is 0 Å². The molecule has 1 N–H and O–H groups in total. The van der Waals surface area contributed by atoms with Crippen molar-refractivity contribution < 1.29 is 24.5 Å². The van der Waals surface area contributed by atoms with Gasteiger partial charge in [-0.3, -0.25) is 9.59 Å². The highest BCUT2D eigenvalue weighted by molar-refractivity contribution is 5.93. The van der Waals surface area contributed by atoms with Crippen molar-refractivity contribution in [3.05, 3.63) is 35.5 Å². The third kappa shape index (κ3) is 2.54. The first-order valence-corrected chi connectivity index (χ1v) is 11.0. The van der Waals surface area contributed by atoms with E-state index < -0.39 is 16.8 Å². The van der Waals surface area contributed by atoms with E-state index in [4.69, 9.17) is 5.26 Å². The molecule has 0 saturated heterocycles. The normalized spacial score (nSPS) is 42.5. The maximum Gasteiger partial charge on any atom is 0.343 e. The maximum atomic E-state index is 13.0. The van der Waals surface area contributed by atoms with E-state index in [1.54, 1.807) is 0 Å². The number of fused-ring (bicyclic) bond motifs is 5. The summed E-state index contributed by atoms with van der Waals surface area (Å²) in [6.45, 7) is 12.3. The molecule has 2 saturated carbocycles. The molecular weight excluding hydrogens is 380 g/mol. The van der Waals surface area contributed by atoms with Crippen LogP contribution in [0.25, 0.3) is 0 Å². The Morgan fingerprint density at radius 2 is 1.97 bits per heavy atom. The van der Waals surface area contributed by atoms with Gasteiger partial charge in [-0.25, -0.2) is 4.79 Å². The molecular formula is C25H32O5. The Morgan fingerprint density at radius 3 is 2.60 bits per heavy atom. The monoisotopic (exact) mass is 412 g/mol. The average molecular weight is 413 g/mol. The van der Waals surface area contributed by atoms with E-state index in [9.17, 15) is 14.4 Å². The van der Waals surface area contributed by atoms with Gasteiger partial charge < -0.3 is 4.89 Å². The SMILES string of the molecule is C=C1C[C@H]2[C@@H]3C=C(C)C4=CC(=O)CC[C@]4(C)[C@H]3CC[C@]2(C)[C@@]1(CC(=O)OO)C(C)=O. The molecule has 4 rings (SSSR count). The molecule has 0 aliphatic heterocycles. The van der Waals surface area contributed by atoms with E-state index in [1.165, 1.54) is 12.5 Å². The van der Waals surface area contributed by atoms with E-state index in [2.05, 4.69) is 38.3 Å². The molecule has 5 nitrogen and oxygen atoms in total. The highest BCUT2D eigenvalue weighted by atomic mass is 17.1. The van der Waals surface area contributed by atoms with Gasteiger partial charge in [0.1, 0.15) is 5.78 Å². The number of hydrogen-bond donors (Lipinski definition) is 1. The fourth-order valence-corrected chi connectivity index (χ4v) is 7.84. The van der Waals surface area contributed by atoms with Gasteiger partial charge in [0.05, 0.1) is 11.8 Å². The maximum absolute atomic E-state index is 13.0. The van der Waals surface area contributed by atoms with Crippen LogP contribution in [-0.4, -0.2) is 22.8 Å². The van der Waals surface area contributed by atoms with Crippen LogP contribution in [0.5, 0.6) is 0 Å². The Bertz CT molecular complexity index is 910. The standard InChI is InChI=1S/C25H32O5/c1-14-10-18-19(23(4)8-6-17(27)12-20(14)23)7-9-24(5)21(18)11-15(2)25(24,16(3)26)13-22(28)30-29/h10,12,18-19,21,29H,2,6-9,11,13H2,1,3-5H3/t18-,19+,21+,23-,24+,25-/m1/s1. The summed E-state index contributed by atoms with van der Waals surface area (Å²) in [5, 5.41) is 8.93. The van der Waals surface area contributed by atoms with Crippen molar-refractivity contribution in [1.82, 2.24) is 0 Å². The number of allylic oxidation sites excluding steroid dienone is 5. The van der Waals surface area contributed by atoms with E-state index in [0.717, 1.165) is 30.4 Å². The molecule has 0 amide bonds. The summed E-state index contributed by atoms with van der Waals surface area (Å²) in [7, 11) is 0. The van der Waals surface area contributed by atoms with Crippen LogP contribution in [0.2, 0.25) is 0 Å². The molecule has 5 heteroatoms. The lowest BCUT2D eigenvalue weighted by molar-refractivity contribution is -0.237. The van der Waals surface area contributed by atoms with Crippen LogP contribution in [0.15, 0.2) is 35.5 Å². The Kier molecular flexibility index (Phi) is 4.77. The smallest absolute Gasteiger partial charge is 0.301 e. The second-order valence-electron chi connectivity index (χ2n) is 10.4. The van der Waals surface area contributed by atoms with Gasteiger partial charge in [-0.05, 0) is 79.8 Å². The van der Waals surface area contributed by atoms with Crippen LogP contribution in [-0.2, 0) is 19.3 Å². The van der Waals surface area contributed by atoms with Crippen molar-refractivity contribution in [3.63, 3.8) is 0 Å². The van der Waals surface area contributed by atoms with Crippen LogP contribution < -0.4 is 0 Å². The zero-order valence-corrected chi connectivity index (χ0v) is 18.4. The lowest BCUT2D eigenvalue weighted by Crippen LogP contribution is -2.54. The van der Waals surface area contributed by atoms with Gasteiger partial charge in [-0.1, -0.05) is 37.6 Å². The molecule has 6 atom stereocenters. The minimum atomic E-state index is -1.01. The van der Waals surface area contributed by atoms with Crippen molar-refractivity contribution in [2.75, 3.05) is 0 Å². The summed E-state index contributed by atoms with van der Waals surface area (Å²) in [4.78, 5) is 41.3. The van der Waals surface area contributed by atoms with Gasteiger partial charge in [-0.2, -0.15) is 5.26 Å². The van der Waals surface area contributed by atoms with Gasteiger partial charge in [0, 0.05) is 6.42 Å². The predicted octanol–water partition coefficient (Wildman–Crippen LogP) is 4.83. The average Bonchev–Trinajstić information content (AvgIpc) is 2.91. The third-order valence-corrected chi connectivity index (χ3v) is 9.38. The van der Waals surface area contributed by atoms with Crippen molar-refractivity contribution in [2.45, 2.75) is 66.2 Å². The quantitative estimate of drug-likeness (QED) is 0.408. The van der Waals surface area contributed by atoms with E-state index >= 15 is 0 Å². The molecule has 0 spiro atoms. The number of rotatable bonds is 3. The lowest BCUT2D eigenvalue weighted by Gasteiger charge is -2.58. The van der Waals surface area contributed by atoms with Crippen molar-refractivity contribution in [2.24, 2.45) is 34.0 Å². The molecule has 4 aliphatic carbocycles. The van der Waals surface area contributed by atoms with Crippen LogP contribution in [0.1, 0.15) is 66.2 Å². The molecule has 0 unspecified atom stereocenters. The van der Waals surface area contributed by atoms with Gasteiger partial charge in [-0.15, -0.1) is 0 Å². The highest BCUT2D eigenvalue weighted by Gasteiger charge is 2.67. The van der Waals surface area contributed by atoms with Crippen LogP contribution >= 0.6 is 0 Å². The van der Waals surface area contributed by atoms with Crippen LogP contribution in [0, 0.1) is 34.0 Å². The summed E-state index contributed by atoms with van der Waals surface area (Å²) in [5.41, 5.74) is 1.66. The fraction of sp³-hybridized carbons (Fsp3) is 0.640. The first kappa shape index (κ1) is 21.2. The third-order valence-electron chi connectivity index (χ3n) is 9.38. The van der Waals surface area contributed by atoms with E-state index in [-0.39, 0.29) is 35.2 Å². The number of Topliss-reactive ketones (excluding diaryl/α,β-unsaturated/α-hetero) is 1. The molecule has 30 heavy (non-hydrogen) atoms. The zero-order chi connectivity index (χ0) is 22.1. The molecule has 0 heterocycles. The van der Waals surface area contributed by atoms with Gasteiger partial charge in [0.25, 0.3) is 0 Å². The number of hydrogen-bond acceptors (Lipinski definition) is 5. The summed E-state index contributed by atoms with van der Waals surface area (Å²) in [6, 6.07) is 0. The Labute approximate surface area is 178 Å². The Hall–Kier alpha value is -2.01. The number of ketones is 2. The van der Waals surface area contributed by atoms with Crippen molar-refractivity contribution >= 4 is 17.5 Å². The van der Waals surface area contributed by atoms with Gasteiger partial charge in [0.15, 0.2) is 5.78 Å². The Morgan fingerprint density at radius 1 is 1.27 bits per heavy atom. The Balaban J connectivity index is 1.82. The molecule has 0 radical (unpaired) electrons. The minimum absolute atomic E-state index is 0.0361. The zero-order valence-electron chi connectivity index (χ0n) is 18.4. The van der Waals surface area contributed by atoms with E-state index in [0.29, 0.717) is 18.8 Å². The molecule has 0 aromatic rings. The molecule has 162 valence electrons. The molecule has 2 fully saturated rings. The summed E-state index contributed by atoms with van der Waals surface area (Å²) < 4.78 is 0. The van der Waals surface area contributed by atoms with Crippen molar-refractivity contribution in [3.8, 4) is 0 Å². The molecule has 0 aromatic heterocycles. The molecule has 0 bridgehead atoms. The summed E-state index contributed by atoms with van der Waals surface area (Å²) in [6.07, 6.45) is 7.88. The summed E-state index contributed by atoms with van der Waals surface area (Å²) in [5.74, 6) is 0.203. The first-order valence-electron chi connectivity index (χ1n) is 11.0. The topological polar surface area (TPSA) is 80.7 Å². The number of carbonyl (C=O) groups excluding carboxylic acids is 3. The highest BCUT2D eigenvalue weighted by Crippen LogP contribution is 2.71. The largest absolute Gasteiger partial charge is 0.343 e. The van der Waals surface area contributed by atoms with Gasteiger partial charge >= 0.3 is 5.97 Å². The minimum Gasteiger partial charge on any atom is -0.301 e. The van der Waals surface area contributed by atoms with Crippen molar-refractivity contribution in [1.29, 1.82) is 0 Å². The molecule has 0 aromatic carbocycles. The summed E-state index contributed by atoms with van der Waals surface area (Å²) >= 11 is 0. The van der Waals surface area contributed by atoms with E-state index in [1.807, 2.05) is 6.08 Å². The van der Waals surface area contributed by atoms with Gasteiger partial charge in [0.2, 0.25) is 0 Å². The second-order valence-corrected chi connectivity index (χ2v) is 10.4. The number of carbonyl (C=O) groups is 3. The van der Waals surface area contributed by atoms with Crippen LogP contribution in [0.4, 0.5) is 0 Å². The lowest BCUT2D eigenvalue weighted by atomic mass is 9.45. The second kappa shape index (κ2) is 6.74.